The maximum absolute atomic E-state index is 13.6. The van der Waals surface area contributed by atoms with Crippen LogP contribution in [0.15, 0.2) is 18.2 Å². The van der Waals surface area contributed by atoms with E-state index in [4.69, 9.17) is 4.74 Å². The molecule has 0 bridgehead atoms. The number of carbonyl (C=O) groups is 1. The second-order valence-electron chi connectivity index (χ2n) is 5.06. The molecule has 0 N–H and O–H groups in total. The number of carbonyl (C=O) groups excluding carboxylic acids is 1. The number of ether oxygens (including phenoxy) is 1. The second-order valence-corrected chi connectivity index (χ2v) is 5.06. The van der Waals surface area contributed by atoms with Gasteiger partial charge in [-0.05, 0) is 44.0 Å². The van der Waals surface area contributed by atoms with Crippen LogP contribution in [-0.4, -0.2) is 30.4 Å². The minimum Gasteiger partial charge on any atom is -0.494 e. The molecule has 1 unspecified atom stereocenters. The Balaban J connectivity index is 2.10. The maximum atomic E-state index is 13.6. The third-order valence-electron chi connectivity index (χ3n) is 3.68. The van der Waals surface area contributed by atoms with Crippen LogP contribution in [-0.2, 0) is 11.3 Å². The Morgan fingerprint density at radius 3 is 2.89 bits per heavy atom. The predicted octanol–water partition coefficient (Wildman–Crippen LogP) is 2.78. The highest BCUT2D eigenvalue weighted by Crippen LogP contribution is 2.23. The molecule has 1 atom stereocenters. The Kier molecular flexibility index (Phi) is 4.53. The number of likely N-dealkylation sites (tertiary alicyclic amines) is 1. The fraction of sp³-hybridized carbons (Fsp3) is 0.533. The van der Waals surface area contributed by atoms with Crippen molar-refractivity contribution in [1.29, 1.82) is 0 Å². The zero-order valence-electron chi connectivity index (χ0n) is 11.5. The first kappa shape index (κ1) is 14.0. The molecule has 0 spiro atoms. The number of Topliss-reactive ketones (excluding diaryl/α,β-unsaturated/α-hetero) is 1. The fourth-order valence-corrected chi connectivity index (χ4v) is 2.68. The SMILES string of the molecule is COc1ccc(CN2CCCCC2C(C)=O)cc1F. The van der Waals surface area contributed by atoms with Crippen molar-refractivity contribution in [2.75, 3.05) is 13.7 Å². The van der Waals surface area contributed by atoms with Crippen molar-refractivity contribution in [3.8, 4) is 5.75 Å². The van der Waals surface area contributed by atoms with Crippen LogP contribution in [0.2, 0.25) is 0 Å². The van der Waals surface area contributed by atoms with Crippen molar-refractivity contribution in [3.05, 3.63) is 29.6 Å². The first-order valence-electron chi connectivity index (χ1n) is 6.68. The molecule has 0 saturated carbocycles. The van der Waals surface area contributed by atoms with Crippen LogP contribution in [0.3, 0.4) is 0 Å². The van der Waals surface area contributed by atoms with Gasteiger partial charge in [0.05, 0.1) is 13.2 Å². The quantitative estimate of drug-likeness (QED) is 0.838. The van der Waals surface area contributed by atoms with Crippen LogP contribution in [0.4, 0.5) is 4.39 Å². The lowest BCUT2D eigenvalue weighted by atomic mass is 9.98. The molecule has 1 aromatic carbocycles. The number of hydrogen-bond donors (Lipinski definition) is 0. The Bertz CT molecular complexity index is 461. The lowest BCUT2D eigenvalue weighted by molar-refractivity contribution is -0.123. The standard InChI is InChI=1S/C15H20FNO2/c1-11(18)14-5-3-4-8-17(14)10-12-6-7-15(19-2)13(16)9-12/h6-7,9,14H,3-5,8,10H2,1-2H3. The van der Waals surface area contributed by atoms with Crippen molar-refractivity contribution in [1.82, 2.24) is 4.90 Å². The van der Waals surface area contributed by atoms with Crippen molar-refractivity contribution in [2.45, 2.75) is 38.8 Å². The normalized spacial score (nSPS) is 20.3. The molecule has 2 rings (SSSR count). The van der Waals surface area contributed by atoms with Gasteiger partial charge in [-0.25, -0.2) is 4.39 Å². The van der Waals surface area contributed by atoms with Gasteiger partial charge in [-0.3, -0.25) is 9.69 Å². The highest BCUT2D eigenvalue weighted by atomic mass is 19.1. The van der Waals surface area contributed by atoms with E-state index in [1.807, 2.05) is 6.07 Å². The molecule has 0 radical (unpaired) electrons. The van der Waals surface area contributed by atoms with Gasteiger partial charge in [0, 0.05) is 6.54 Å². The number of rotatable bonds is 4. The number of methoxy groups -OCH3 is 1. The molecule has 1 aromatic rings. The van der Waals surface area contributed by atoms with Crippen molar-refractivity contribution >= 4 is 5.78 Å². The number of hydrogen-bond acceptors (Lipinski definition) is 3. The minimum atomic E-state index is -0.351. The van der Waals surface area contributed by atoms with E-state index in [1.54, 1.807) is 13.0 Å². The number of benzene rings is 1. The highest BCUT2D eigenvalue weighted by molar-refractivity contribution is 5.81. The van der Waals surface area contributed by atoms with Crippen LogP contribution < -0.4 is 4.74 Å². The third kappa shape index (κ3) is 3.32. The lowest BCUT2D eigenvalue weighted by Gasteiger charge is -2.34. The average molecular weight is 265 g/mol. The van der Waals surface area contributed by atoms with Crippen LogP contribution in [0.1, 0.15) is 31.7 Å². The van der Waals surface area contributed by atoms with Gasteiger partial charge in [0.15, 0.2) is 11.6 Å². The van der Waals surface area contributed by atoms with Gasteiger partial charge in [-0.1, -0.05) is 12.5 Å². The number of halogens is 1. The van der Waals surface area contributed by atoms with E-state index in [-0.39, 0.29) is 23.4 Å². The van der Waals surface area contributed by atoms with E-state index in [1.165, 1.54) is 13.2 Å². The van der Waals surface area contributed by atoms with Gasteiger partial charge in [-0.2, -0.15) is 0 Å². The summed E-state index contributed by atoms with van der Waals surface area (Å²) in [6.45, 7) is 3.15. The van der Waals surface area contributed by atoms with Gasteiger partial charge in [0.25, 0.3) is 0 Å². The van der Waals surface area contributed by atoms with Gasteiger partial charge < -0.3 is 4.74 Å². The first-order chi connectivity index (χ1) is 9.11. The minimum absolute atomic E-state index is 0.0149. The molecule has 1 aliphatic rings. The van der Waals surface area contributed by atoms with Gasteiger partial charge >= 0.3 is 0 Å². The zero-order chi connectivity index (χ0) is 13.8. The molecule has 1 aliphatic heterocycles. The summed E-state index contributed by atoms with van der Waals surface area (Å²) < 4.78 is 18.6. The van der Waals surface area contributed by atoms with Gasteiger partial charge in [0.1, 0.15) is 5.78 Å². The van der Waals surface area contributed by atoms with E-state index in [9.17, 15) is 9.18 Å². The number of ketones is 1. The summed E-state index contributed by atoms with van der Waals surface area (Å²) in [7, 11) is 1.45. The van der Waals surface area contributed by atoms with Gasteiger partial charge in [0.2, 0.25) is 0 Å². The molecular formula is C15H20FNO2. The maximum Gasteiger partial charge on any atom is 0.165 e. The first-order valence-corrected chi connectivity index (χ1v) is 6.68. The summed E-state index contributed by atoms with van der Waals surface area (Å²) in [6, 6.07) is 4.97. The monoisotopic (exact) mass is 265 g/mol. The number of piperidine rings is 1. The van der Waals surface area contributed by atoms with Gasteiger partial charge in [-0.15, -0.1) is 0 Å². The van der Waals surface area contributed by atoms with E-state index < -0.39 is 0 Å². The molecule has 1 saturated heterocycles. The van der Waals surface area contributed by atoms with Crippen molar-refractivity contribution in [2.24, 2.45) is 0 Å². The Labute approximate surface area is 113 Å². The highest BCUT2D eigenvalue weighted by Gasteiger charge is 2.25. The summed E-state index contributed by atoms with van der Waals surface area (Å²) in [5.74, 6) is 0.107. The smallest absolute Gasteiger partial charge is 0.165 e. The Hall–Kier alpha value is -1.42. The Morgan fingerprint density at radius 1 is 1.47 bits per heavy atom. The fourth-order valence-electron chi connectivity index (χ4n) is 2.68. The van der Waals surface area contributed by atoms with Crippen LogP contribution in [0.5, 0.6) is 5.75 Å². The average Bonchev–Trinajstić information content (AvgIpc) is 2.39. The van der Waals surface area contributed by atoms with Crippen molar-refractivity contribution < 1.29 is 13.9 Å². The Morgan fingerprint density at radius 2 is 2.26 bits per heavy atom. The molecule has 19 heavy (non-hydrogen) atoms. The van der Waals surface area contributed by atoms with E-state index in [0.29, 0.717) is 6.54 Å². The van der Waals surface area contributed by atoms with E-state index in [0.717, 1.165) is 31.4 Å². The number of nitrogens with zero attached hydrogens (tertiary/aromatic N) is 1. The molecule has 0 amide bonds. The summed E-state index contributed by atoms with van der Waals surface area (Å²) in [5.41, 5.74) is 0.881. The van der Waals surface area contributed by atoms with Crippen LogP contribution in [0, 0.1) is 5.82 Å². The molecule has 104 valence electrons. The van der Waals surface area contributed by atoms with E-state index in [2.05, 4.69) is 4.90 Å². The molecule has 4 heteroatoms. The topological polar surface area (TPSA) is 29.5 Å². The largest absolute Gasteiger partial charge is 0.494 e. The molecule has 3 nitrogen and oxygen atoms in total. The zero-order valence-corrected chi connectivity index (χ0v) is 11.5. The van der Waals surface area contributed by atoms with Crippen LogP contribution in [0.25, 0.3) is 0 Å². The molecule has 0 aliphatic carbocycles. The molecule has 1 fully saturated rings. The summed E-state index contributed by atoms with van der Waals surface area (Å²) in [4.78, 5) is 13.8. The summed E-state index contributed by atoms with van der Waals surface area (Å²) >= 11 is 0. The third-order valence-corrected chi connectivity index (χ3v) is 3.68. The predicted molar refractivity (Wildman–Crippen MR) is 71.7 cm³/mol. The second kappa shape index (κ2) is 6.15. The van der Waals surface area contributed by atoms with E-state index >= 15 is 0 Å². The van der Waals surface area contributed by atoms with Crippen molar-refractivity contribution in [3.63, 3.8) is 0 Å². The molecule has 1 heterocycles. The summed E-state index contributed by atoms with van der Waals surface area (Å²) in [6.07, 6.45) is 3.11. The molecular weight excluding hydrogens is 245 g/mol. The molecule has 0 aromatic heterocycles. The van der Waals surface area contributed by atoms with Crippen LogP contribution >= 0.6 is 0 Å². The summed E-state index contributed by atoms with van der Waals surface area (Å²) in [5, 5.41) is 0. The lowest BCUT2D eigenvalue weighted by Crippen LogP contribution is -2.43.